The van der Waals surface area contributed by atoms with E-state index in [0.717, 1.165) is 0 Å². The molecule has 0 unspecified atom stereocenters. The molecule has 0 aromatic rings. The van der Waals surface area contributed by atoms with E-state index in [1.54, 1.807) is 0 Å². The van der Waals surface area contributed by atoms with Gasteiger partial charge in [-0.1, -0.05) is 0 Å². The Kier molecular flexibility index (Phi) is 18.5. The Hall–Kier alpha value is -0.940. The molecule has 0 aliphatic carbocycles. The normalized spacial score (nSPS) is 7.45. The van der Waals surface area contributed by atoms with E-state index < -0.39 is 16.4 Å². The highest BCUT2D eigenvalue weighted by atomic mass is 32.3. The summed E-state index contributed by atoms with van der Waals surface area (Å²) < 4.78 is 31.6. The SMILES string of the molecule is N.N.NC(N)=O.O=S(=O)(O)O. The predicted octanol–water partition coefficient (Wildman–Crippen LogP) is -1.31. The van der Waals surface area contributed by atoms with Gasteiger partial charge in [-0.3, -0.25) is 9.11 Å². The topological polar surface area (TPSA) is 214 Å². The lowest BCUT2D eigenvalue weighted by molar-refractivity contribution is 0.256. The van der Waals surface area contributed by atoms with Crippen LogP contribution in [0.1, 0.15) is 0 Å². The summed E-state index contributed by atoms with van der Waals surface area (Å²) in [4.78, 5) is 9.00. The number of rotatable bonds is 0. The summed E-state index contributed by atoms with van der Waals surface area (Å²) >= 11 is 0. The lowest BCUT2D eigenvalue weighted by Gasteiger charge is -1.68. The molecule has 0 fully saturated rings. The van der Waals surface area contributed by atoms with Crippen LogP contribution in [-0.4, -0.2) is 23.6 Å². The Labute approximate surface area is 63.5 Å². The fourth-order valence-corrected chi connectivity index (χ4v) is 0. The fraction of sp³-hybridized carbons (Fsp3) is 0. The van der Waals surface area contributed by atoms with E-state index >= 15 is 0 Å². The molecule has 10 heteroatoms. The Balaban J connectivity index is -0.0000000383. The van der Waals surface area contributed by atoms with Crippen LogP contribution in [0.2, 0.25) is 0 Å². The van der Waals surface area contributed by atoms with Gasteiger partial charge in [0.1, 0.15) is 0 Å². The lowest BCUT2D eigenvalue weighted by Crippen LogP contribution is -2.18. The molecule has 0 rings (SSSR count). The minimum Gasteiger partial charge on any atom is -0.352 e. The highest BCUT2D eigenvalue weighted by Crippen LogP contribution is 1.59. The average Bonchev–Trinajstić information content (AvgIpc) is 1.19. The molecule has 9 nitrogen and oxygen atoms in total. The van der Waals surface area contributed by atoms with E-state index in [-0.39, 0.29) is 12.3 Å². The zero-order chi connectivity index (χ0) is 8.08. The first-order chi connectivity index (χ1) is 3.73. The molecular formula is CH12N4O5S. The van der Waals surface area contributed by atoms with Crippen LogP contribution in [0.5, 0.6) is 0 Å². The second-order valence-electron chi connectivity index (χ2n) is 0.850. The van der Waals surface area contributed by atoms with E-state index in [9.17, 15) is 0 Å². The Bertz CT molecular complexity index is 161. The van der Waals surface area contributed by atoms with E-state index in [4.69, 9.17) is 22.3 Å². The summed E-state index contributed by atoms with van der Waals surface area (Å²) in [5.41, 5.74) is 8.50. The van der Waals surface area contributed by atoms with Gasteiger partial charge in [0.15, 0.2) is 0 Å². The van der Waals surface area contributed by atoms with Gasteiger partial charge in [-0.25, -0.2) is 4.79 Å². The van der Waals surface area contributed by atoms with Crippen molar-refractivity contribution in [2.75, 3.05) is 0 Å². The Morgan fingerprint density at radius 1 is 1.09 bits per heavy atom. The van der Waals surface area contributed by atoms with Crippen LogP contribution in [0.4, 0.5) is 4.79 Å². The van der Waals surface area contributed by atoms with Gasteiger partial charge in [-0.15, -0.1) is 0 Å². The summed E-state index contributed by atoms with van der Waals surface area (Å²) in [6, 6.07) is -0.833. The van der Waals surface area contributed by atoms with Gasteiger partial charge in [0.25, 0.3) is 0 Å². The van der Waals surface area contributed by atoms with Crippen LogP contribution in [0.3, 0.4) is 0 Å². The van der Waals surface area contributed by atoms with Crippen LogP contribution in [0, 0.1) is 0 Å². The molecule has 0 aliphatic heterocycles. The molecular weight excluding hydrogens is 180 g/mol. The molecule has 0 bridgehead atoms. The van der Waals surface area contributed by atoms with Crippen molar-refractivity contribution in [2.45, 2.75) is 0 Å². The molecule has 11 heavy (non-hydrogen) atoms. The van der Waals surface area contributed by atoms with Gasteiger partial charge < -0.3 is 23.8 Å². The van der Waals surface area contributed by atoms with Crippen molar-refractivity contribution in [1.82, 2.24) is 12.3 Å². The number of hydrogen-bond acceptors (Lipinski definition) is 5. The summed E-state index contributed by atoms with van der Waals surface area (Å²) in [7, 11) is -4.67. The number of primary amides is 2. The monoisotopic (exact) mass is 192 g/mol. The van der Waals surface area contributed by atoms with Crippen molar-refractivity contribution in [3.8, 4) is 0 Å². The number of amides is 2. The molecule has 0 aliphatic rings. The van der Waals surface area contributed by atoms with E-state index in [1.807, 2.05) is 0 Å². The van der Waals surface area contributed by atoms with E-state index in [0.29, 0.717) is 0 Å². The number of carbonyl (C=O) groups is 1. The summed E-state index contributed by atoms with van der Waals surface area (Å²) in [5, 5.41) is 0. The smallest absolute Gasteiger partial charge is 0.352 e. The maximum absolute atomic E-state index is 9.00. The Morgan fingerprint density at radius 3 is 1.09 bits per heavy atom. The molecule has 2 amide bonds. The number of urea groups is 1. The second-order valence-corrected chi connectivity index (χ2v) is 1.75. The maximum atomic E-state index is 9.00. The zero-order valence-electron chi connectivity index (χ0n) is 5.60. The van der Waals surface area contributed by atoms with Crippen molar-refractivity contribution >= 4 is 16.4 Å². The molecule has 72 valence electrons. The molecule has 0 spiro atoms. The van der Waals surface area contributed by atoms with Crippen molar-refractivity contribution < 1.29 is 22.3 Å². The quantitative estimate of drug-likeness (QED) is 0.254. The highest BCUT2D eigenvalue weighted by Gasteiger charge is 1.84. The van der Waals surface area contributed by atoms with Crippen molar-refractivity contribution in [3.05, 3.63) is 0 Å². The van der Waals surface area contributed by atoms with Crippen LogP contribution >= 0.6 is 0 Å². The summed E-state index contributed by atoms with van der Waals surface area (Å²) in [6.45, 7) is 0. The molecule has 0 heterocycles. The summed E-state index contributed by atoms with van der Waals surface area (Å²) in [5.74, 6) is 0. The molecule has 0 aromatic carbocycles. The first kappa shape index (κ1) is 22.5. The summed E-state index contributed by atoms with van der Waals surface area (Å²) in [6.07, 6.45) is 0. The molecule has 0 saturated heterocycles. The first-order valence-corrected chi connectivity index (χ1v) is 2.88. The lowest BCUT2D eigenvalue weighted by atomic mass is 11.2. The number of carbonyl (C=O) groups excluding carboxylic acids is 1. The van der Waals surface area contributed by atoms with Crippen LogP contribution in [0.15, 0.2) is 0 Å². The zero-order valence-corrected chi connectivity index (χ0v) is 6.41. The van der Waals surface area contributed by atoms with Crippen LogP contribution in [0.25, 0.3) is 0 Å². The average molecular weight is 192 g/mol. The third-order valence-corrected chi connectivity index (χ3v) is 0. The molecule has 0 radical (unpaired) electrons. The van der Waals surface area contributed by atoms with E-state index in [1.165, 1.54) is 0 Å². The van der Waals surface area contributed by atoms with Gasteiger partial charge in [-0.2, -0.15) is 8.42 Å². The second kappa shape index (κ2) is 9.06. The predicted molar refractivity (Wildman–Crippen MR) is 38.0 cm³/mol. The molecule has 0 aromatic heterocycles. The minimum absolute atomic E-state index is 0. The standard InChI is InChI=1S/CH4N2O.2H3N.H2O4S/c2-1(3)4;;;1-5(2,3)4/h(H4,2,3,4);2*1H3;(H2,1,2,3,4). The van der Waals surface area contributed by atoms with Crippen molar-refractivity contribution in [2.24, 2.45) is 11.5 Å². The largest absolute Gasteiger partial charge is 0.394 e. The van der Waals surface area contributed by atoms with Crippen LogP contribution < -0.4 is 23.8 Å². The van der Waals surface area contributed by atoms with Gasteiger partial charge in [-0.05, 0) is 0 Å². The first-order valence-electron chi connectivity index (χ1n) is 1.48. The highest BCUT2D eigenvalue weighted by molar-refractivity contribution is 7.79. The van der Waals surface area contributed by atoms with Gasteiger partial charge in [0, 0.05) is 0 Å². The fourth-order valence-electron chi connectivity index (χ4n) is 0. The third-order valence-electron chi connectivity index (χ3n) is 0. The van der Waals surface area contributed by atoms with Crippen LogP contribution in [-0.2, 0) is 10.4 Å². The molecule has 0 saturated carbocycles. The molecule has 12 N–H and O–H groups in total. The maximum Gasteiger partial charge on any atom is 0.394 e. The van der Waals surface area contributed by atoms with Gasteiger partial charge in [0.2, 0.25) is 0 Å². The van der Waals surface area contributed by atoms with Gasteiger partial charge >= 0.3 is 16.4 Å². The van der Waals surface area contributed by atoms with Gasteiger partial charge in [0.05, 0.1) is 0 Å². The Morgan fingerprint density at radius 2 is 1.09 bits per heavy atom. The van der Waals surface area contributed by atoms with E-state index in [2.05, 4.69) is 11.5 Å². The third kappa shape index (κ3) is 511. The molecule has 0 atom stereocenters. The number of nitrogens with two attached hydrogens (primary N) is 2. The van der Waals surface area contributed by atoms with Crippen molar-refractivity contribution in [1.29, 1.82) is 0 Å². The number of hydrogen-bond donors (Lipinski definition) is 6. The minimum atomic E-state index is -4.67. The van der Waals surface area contributed by atoms with Crippen molar-refractivity contribution in [3.63, 3.8) is 0 Å².